The molecule has 32 heavy (non-hydrogen) atoms. The van der Waals surface area contributed by atoms with Crippen LogP contribution in [0, 0.1) is 5.92 Å². The third-order valence-corrected chi connectivity index (χ3v) is 7.95. The van der Waals surface area contributed by atoms with Gasteiger partial charge in [-0.25, -0.2) is 13.2 Å². The summed E-state index contributed by atoms with van der Waals surface area (Å²) in [6.07, 6.45) is 3.52. The molecule has 1 aromatic heterocycles. The average molecular weight is 458 g/mol. The van der Waals surface area contributed by atoms with Gasteiger partial charge in [-0.1, -0.05) is 0 Å². The fourth-order valence-electron chi connectivity index (χ4n) is 4.18. The number of sulfonamides is 1. The standard InChI is InChI=1S/C24H27NO6S/c1-29-20-13-18(14-21(16-20)30-2)4-3-17-9-11-25(12-10-17)32(27,28)22-6-7-23-19(15-22)5-8-24(26)31-23/h5-8,13-17H,3-4,9-12H2,1-2H3. The molecular weight excluding hydrogens is 430 g/mol. The number of benzene rings is 2. The Morgan fingerprint density at radius 3 is 2.31 bits per heavy atom. The molecule has 0 radical (unpaired) electrons. The van der Waals surface area contributed by atoms with Crippen molar-refractivity contribution in [3.8, 4) is 11.5 Å². The van der Waals surface area contributed by atoms with Gasteiger partial charge < -0.3 is 13.9 Å². The van der Waals surface area contributed by atoms with Crippen molar-refractivity contribution in [3.05, 3.63) is 64.5 Å². The van der Waals surface area contributed by atoms with Crippen LogP contribution in [-0.2, 0) is 16.4 Å². The van der Waals surface area contributed by atoms with Gasteiger partial charge in [-0.15, -0.1) is 0 Å². The molecule has 0 saturated carbocycles. The second kappa shape index (κ2) is 9.34. The Bertz CT molecular complexity index is 1240. The van der Waals surface area contributed by atoms with Crippen molar-refractivity contribution >= 4 is 21.0 Å². The maximum atomic E-state index is 13.1. The highest BCUT2D eigenvalue weighted by molar-refractivity contribution is 7.89. The number of aryl methyl sites for hydroxylation is 1. The van der Waals surface area contributed by atoms with Gasteiger partial charge in [-0.2, -0.15) is 4.31 Å². The summed E-state index contributed by atoms with van der Waals surface area (Å²) in [6, 6.07) is 13.4. The molecule has 0 aliphatic carbocycles. The van der Waals surface area contributed by atoms with Gasteiger partial charge in [-0.05, 0) is 73.6 Å². The number of rotatable bonds is 7. The molecule has 0 amide bonds. The number of methoxy groups -OCH3 is 2. The molecule has 0 atom stereocenters. The Hall–Kier alpha value is -2.84. The lowest BCUT2D eigenvalue weighted by Gasteiger charge is -2.31. The van der Waals surface area contributed by atoms with Crippen LogP contribution in [0.2, 0.25) is 0 Å². The van der Waals surface area contributed by atoms with Crippen LogP contribution < -0.4 is 15.1 Å². The first-order valence-electron chi connectivity index (χ1n) is 10.6. The fourth-order valence-corrected chi connectivity index (χ4v) is 5.68. The zero-order valence-corrected chi connectivity index (χ0v) is 19.1. The summed E-state index contributed by atoms with van der Waals surface area (Å²) in [7, 11) is -0.314. The first-order valence-corrected chi connectivity index (χ1v) is 12.1. The maximum absolute atomic E-state index is 13.1. The lowest BCUT2D eigenvalue weighted by Crippen LogP contribution is -2.38. The van der Waals surface area contributed by atoms with Crippen molar-refractivity contribution in [1.82, 2.24) is 4.31 Å². The highest BCUT2D eigenvalue weighted by Gasteiger charge is 2.29. The summed E-state index contributed by atoms with van der Waals surface area (Å²) in [5.41, 5.74) is 1.07. The van der Waals surface area contributed by atoms with E-state index in [0.29, 0.717) is 30.0 Å². The van der Waals surface area contributed by atoms with Gasteiger partial charge in [0.1, 0.15) is 17.1 Å². The van der Waals surface area contributed by atoms with Gasteiger partial charge in [0.05, 0.1) is 19.1 Å². The molecule has 2 aromatic carbocycles. The normalized spacial score (nSPS) is 15.7. The van der Waals surface area contributed by atoms with Crippen LogP contribution in [0.5, 0.6) is 11.5 Å². The second-order valence-corrected chi connectivity index (χ2v) is 10.00. The molecule has 0 unspecified atom stereocenters. The molecule has 0 bridgehead atoms. The first kappa shape index (κ1) is 22.4. The van der Waals surface area contributed by atoms with Crippen molar-refractivity contribution in [3.63, 3.8) is 0 Å². The monoisotopic (exact) mass is 457 g/mol. The van der Waals surface area contributed by atoms with Gasteiger partial charge in [-0.3, -0.25) is 0 Å². The number of hydrogen-bond acceptors (Lipinski definition) is 6. The number of hydrogen-bond donors (Lipinski definition) is 0. The zero-order valence-electron chi connectivity index (χ0n) is 18.2. The van der Waals surface area contributed by atoms with E-state index in [4.69, 9.17) is 13.9 Å². The largest absolute Gasteiger partial charge is 0.497 e. The van der Waals surface area contributed by atoms with E-state index in [-0.39, 0.29) is 4.90 Å². The minimum Gasteiger partial charge on any atom is -0.497 e. The molecule has 8 heteroatoms. The first-order chi connectivity index (χ1) is 15.4. The SMILES string of the molecule is COc1cc(CCC2CCN(S(=O)(=O)c3ccc4oc(=O)ccc4c3)CC2)cc(OC)c1. The molecule has 3 aromatic rings. The molecule has 1 fully saturated rings. The number of nitrogens with zero attached hydrogens (tertiary/aromatic N) is 1. The summed E-state index contributed by atoms with van der Waals surface area (Å²) >= 11 is 0. The van der Waals surface area contributed by atoms with Crippen LogP contribution in [0.15, 0.2) is 62.6 Å². The smallest absolute Gasteiger partial charge is 0.336 e. The lowest BCUT2D eigenvalue weighted by molar-refractivity contribution is 0.263. The molecule has 0 spiro atoms. The molecule has 1 aliphatic heterocycles. The van der Waals surface area contributed by atoms with E-state index in [0.717, 1.165) is 42.7 Å². The predicted octanol–water partition coefficient (Wildman–Crippen LogP) is 3.84. The Kier molecular flexibility index (Phi) is 6.53. The Morgan fingerprint density at radius 2 is 1.66 bits per heavy atom. The van der Waals surface area contributed by atoms with Crippen molar-refractivity contribution in [2.24, 2.45) is 5.92 Å². The predicted molar refractivity (Wildman–Crippen MR) is 122 cm³/mol. The van der Waals surface area contributed by atoms with E-state index >= 15 is 0 Å². The molecule has 2 heterocycles. The summed E-state index contributed by atoms with van der Waals surface area (Å²) in [4.78, 5) is 11.6. The van der Waals surface area contributed by atoms with E-state index in [1.165, 1.54) is 12.1 Å². The van der Waals surface area contributed by atoms with Crippen molar-refractivity contribution in [2.45, 2.75) is 30.6 Å². The van der Waals surface area contributed by atoms with Gasteiger partial charge >= 0.3 is 5.63 Å². The number of piperidine rings is 1. The van der Waals surface area contributed by atoms with E-state index in [9.17, 15) is 13.2 Å². The average Bonchev–Trinajstić information content (AvgIpc) is 2.82. The molecule has 1 saturated heterocycles. The third-order valence-electron chi connectivity index (χ3n) is 6.05. The molecule has 0 N–H and O–H groups in total. The minimum absolute atomic E-state index is 0.223. The van der Waals surface area contributed by atoms with Crippen LogP contribution in [0.4, 0.5) is 0 Å². The number of fused-ring (bicyclic) bond motifs is 1. The summed E-state index contributed by atoms with van der Waals surface area (Å²) in [5, 5.41) is 0.592. The van der Waals surface area contributed by atoms with Crippen LogP contribution in [0.1, 0.15) is 24.8 Å². The summed E-state index contributed by atoms with van der Waals surface area (Å²) < 4.78 is 43.6. The van der Waals surface area contributed by atoms with E-state index in [2.05, 4.69) is 0 Å². The molecule has 1 aliphatic rings. The zero-order chi connectivity index (χ0) is 22.7. The third kappa shape index (κ3) is 4.81. The second-order valence-electron chi connectivity index (χ2n) is 8.06. The molecule has 7 nitrogen and oxygen atoms in total. The quantitative estimate of drug-likeness (QED) is 0.501. The minimum atomic E-state index is -3.59. The summed E-state index contributed by atoms with van der Waals surface area (Å²) in [6.45, 7) is 0.993. The van der Waals surface area contributed by atoms with Crippen molar-refractivity contribution in [2.75, 3.05) is 27.3 Å². The van der Waals surface area contributed by atoms with Gasteiger partial charge in [0.2, 0.25) is 10.0 Å². The van der Waals surface area contributed by atoms with Crippen molar-refractivity contribution in [1.29, 1.82) is 0 Å². The van der Waals surface area contributed by atoms with Crippen LogP contribution in [0.3, 0.4) is 0 Å². The topological polar surface area (TPSA) is 86.0 Å². The fraction of sp³-hybridized carbons (Fsp3) is 0.375. The molecule has 170 valence electrons. The van der Waals surface area contributed by atoms with E-state index in [1.54, 1.807) is 36.7 Å². The van der Waals surface area contributed by atoms with E-state index in [1.807, 2.05) is 18.2 Å². The highest BCUT2D eigenvalue weighted by atomic mass is 32.2. The van der Waals surface area contributed by atoms with Gasteiger partial charge in [0.25, 0.3) is 0 Å². The van der Waals surface area contributed by atoms with Gasteiger partial charge in [0.15, 0.2) is 0 Å². The lowest BCUT2D eigenvalue weighted by atomic mass is 9.91. The van der Waals surface area contributed by atoms with Crippen LogP contribution >= 0.6 is 0 Å². The Balaban J connectivity index is 1.39. The summed E-state index contributed by atoms with van der Waals surface area (Å²) in [5.74, 6) is 2.01. The van der Waals surface area contributed by atoms with Crippen molar-refractivity contribution < 1.29 is 22.3 Å². The Labute approximate surface area is 187 Å². The highest BCUT2D eigenvalue weighted by Crippen LogP contribution is 2.29. The van der Waals surface area contributed by atoms with E-state index < -0.39 is 15.6 Å². The number of ether oxygens (including phenoxy) is 2. The van der Waals surface area contributed by atoms with Gasteiger partial charge in [0, 0.05) is 30.6 Å². The molecular formula is C24H27NO6S. The van der Waals surface area contributed by atoms with Crippen LogP contribution in [0.25, 0.3) is 11.0 Å². The molecule has 4 rings (SSSR count). The maximum Gasteiger partial charge on any atom is 0.336 e. The Morgan fingerprint density at radius 1 is 0.969 bits per heavy atom. The van der Waals surface area contributed by atoms with Crippen LogP contribution in [-0.4, -0.2) is 40.0 Å².